The Balaban J connectivity index is 0.00000147. The molecule has 112 valence electrons. The smallest absolute Gasteiger partial charge is 0.119 e. The maximum Gasteiger partial charge on any atom is 0.119 e. The minimum Gasteiger partial charge on any atom is -0.497 e. The van der Waals surface area contributed by atoms with E-state index >= 15 is 0 Å². The van der Waals surface area contributed by atoms with Crippen LogP contribution in [0.5, 0.6) is 5.75 Å². The number of hydrogen-bond donors (Lipinski definition) is 0. The predicted octanol–water partition coefficient (Wildman–Crippen LogP) is 3.92. The summed E-state index contributed by atoms with van der Waals surface area (Å²) in [6, 6.07) is 9.48. The molecule has 0 bridgehead atoms. The first-order chi connectivity index (χ1) is 9.35. The Bertz CT molecular complexity index is 423. The second-order valence-electron chi connectivity index (χ2n) is 6.14. The zero-order chi connectivity index (χ0) is 13.1. The number of rotatable bonds is 3. The van der Waals surface area contributed by atoms with Gasteiger partial charge in [0.05, 0.1) is 7.11 Å². The molecule has 3 rings (SSSR count). The highest BCUT2D eigenvalue weighted by molar-refractivity contribution is 5.85. The Labute approximate surface area is 128 Å². The highest BCUT2D eigenvalue weighted by Gasteiger charge is 2.29. The Morgan fingerprint density at radius 3 is 2.95 bits per heavy atom. The molecule has 2 saturated heterocycles. The van der Waals surface area contributed by atoms with Crippen LogP contribution >= 0.6 is 12.4 Å². The molecule has 0 spiro atoms. The van der Waals surface area contributed by atoms with Crippen molar-refractivity contribution in [2.75, 3.05) is 20.2 Å². The third-order valence-electron chi connectivity index (χ3n) is 4.81. The molecule has 2 heterocycles. The van der Waals surface area contributed by atoms with E-state index in [1.54, 1.807) is 7.11 Å². The third kappa shape index (κ3) is 3.67. The zero-order valence-electron chi connectivity index (χ0n) is 12.4. The summed E-state index contributed by atoms with van der Waals surface area (Å²) < 4.78 is 5.32. The standard InChI is InChI=1S/C17H25NO.ClH/c1-19-17-7-4-5-14(12-17)11-15-8-9-16-6-2-3-10-18(16)13-15;/h4-5,7,12,15-16H,2-3,6,8-11,13H2,1H3;1H. The van der Waals surface area contributed by atoms with Gasteiger partial charge in [-0.05, 0) is 62.3 Å². The van der Waals surface area contributed by atoms with Gasteiger partial charge >= 0.3 is 0 Å². The van der Waals surface area contributed by atoms with E-state index in [1.165, 1.54) is 57.2 Å². The maximum absolute atomic E-state index is 5.32. The summed E-state index contributed by atoms with van der Waals surface area (Å²) >= 11 is 0. The maximum atomic E-state index is 5.32. The second kappa shape index (κ2) is 7.33. The molecule has 2 nitrogen and oxygen atoms in total. The van der Waals surface area contributed by atoms with Gasteiger partial charge in [0.1, 0.15) is 5.75 Å². The predicted molar refractivity (Wildman–Crippen MR) is 85.9 cm³/mol. The van der Waals surface area contributed by atoms with Crippen LogP contribution in [-0.2, 0) is 6.42 Å². The number of fused-ring (bicyclic) bond motifs is 1. The van der Waals surface area contributed by atoms with Crippen molar-refractivity contribution in [3.05, 3.63) is 29.8 Å². The molecule has 0 aromatic heterocycles. The molecule has 2 aliphatic heterocycles. The second-order valence-corrected chi connectivity index (χ2v) is 6.14. The van der Waals surface area contributed by atoms with Crippen LogP contribution in [0.4, 0.5) is 0 Å². The van der Waals surface area contributed by atoms with Crippen LogP contribution in [0.3, 0.4) is 0 Å². The minimum absolute atomic E-state index is 0. The Kier molecular flexibility index (Phi) is 5.74. The van der Waals surface area contributed by atoms with Gasteiger partial charge in [-0.25, -0.2) is 0 Å². The van der Waals surface area contributed by atoms with E-state index in [9.17, 15) is 0 Å². The van der Waals surface area contributed by atoms with Gasteiger partial charge in [0.2, 0.25) is 0 Å². The lowest BCUT2D eigenvalue weighted by Gasteiger charge is -2.42. The van der Waals surface area contributed by atoms with Crippen molar-refractivity contribution in [2.24, 2.45) is 5.92 Å². The number of benzene rings is 1. The van der Waals surface area contributed by atoms with E-state index in [1.807, 2.05) is 6.07 Å². The van der Waals surface area contributed by atoms with Crippen LogP contribution < -0.4 is 4.74 Å². The lowest BCUT2D eigenvalue weighted by Crippen LogP contribution is -2.46. The van der Waals surface area contributed by atoms with Gasteiger partial charge in [-0.15, -0.1) is 12.4 Å². The van der Waals surface area contributed by atoms with E-state index in [0.717, 1.165) is 17.7 Å². The molecule has 2 fully saturated rings. The number of piperidine rings is 2. The molecule has 0 N–H and O–H groups in total. The van der Waals surface area contributed by atoms with Crippen molar-refractivity contribution < 1.29 is 4.74 Å². The van der Waals surface area contributed by atoms with Crippen LogP contribution in [0, 0.1) is 5.92 Å². The number of nitrogens with zero attached hydrogens (tertiary/aromatic N) is 1. The van der Waals surface area contributed by atoms with Gasteiger partial charge in [-0.1, -0.05) is 18.6 Å². The summed E-state index contributed by atoms with van der Waals surface area (Å²) in [6.07, 6.45) is 8.31. The first kappa shape index (κ1) is 15.7. The number of hydrogen-bond acceptors (Lipinski definition) is 2. The van der Waals surface area contributed by atoms with E-state index in [2.05, 4.69) is 23.1 Å². The lowest BCUT2D eigenvalue weighted by molar-refractivity contribution is 0.0752. The number of ether oxygens (including phenoxy) is 1. The van der Waals surface area contributed by atoms with Gasteiger partial charge < -0.3 is 9.64 Å². The van der Waals surface area contributed by atoms with Crippen molar-refractivity contribution >= 4 is 12.4 Å². The van der Waals surface area contributed by atoms with Crippen LogP contribution in [-0.4, -0.2) is 31.1 Å². The van der Waals surface area contributed by atoms with E-state index in [4.69, 9.17) is 4.74 Å². The number of halogens is 1. The quantitative estimate of drug-likeness (QED) is 0.838. The van der Waals surface area contributed by atoms with Crippen molar-refractivity contribution in [3.63, 3.8) is 0 Å². The summed E-state index contributed by atoms with van der Waals surface area (Å²) in [5.41, 5.74) is 1.43. The molecule has 2 aliphatic rings. The van der Waals surface area contributed by atoms with Gasteiger partial charge in [0.25, 0.3) is 0 Å². The Morgan fingerprint density at radius 2 is 2.10 bits per heavy atom. The minimum atomic E-state index is 0. The molecule has 2 atom stereocenters. The molecular weight excluding hydrogens is 270 g/mol. The van der Waals surface area contributed by atoms with Crippen LogP contribution in [0.15, 0.2) is 24.3 Å². The zero-order valence-corrected chi connectivity index (χ0v) is 13.2. The summed E-state index contributed by atoms with van der Waals surface area (Å²) in [7, 11) is 1.75. The fourth-order valence-electron chi connectivity index (χ4n) is 3.78. The van der Waals surface area contributed by atoms with Crippen molar-refractivity contribution in [1.82, 2.24) is 4.90 Å². The summed E-state index contributed by atoms with van der Waals surface area (Å²) in [5, 5.41) is 0. The molecule has 2 unspecified atom stereocenters. The van der Waals surface area contributed by atoms with E-state index in [0.29, 0.717) is 0 Å². The molecule has 3 heteroatoms. The first-order valence-electron chi connectivity index (χ1n) is 7.72. The summed E-state index contributed by atoms with van der Waals surface area (Å²) in [4.78, 5) is 2.75. The monoisotopic (exact) mass is 295 g/mol. The largest absolute Gasteiger partial charge is 0.497 e. The van der Waals surface area contributed by atoms with Gasteiger partial charge in [-0.2, -0.15) is 0 Å². The summed E-state index contributed by atoms with van der Waals surface area (Å²) in [5.74, 6) is 1.82. The first-order valence-corrected chi connectivity index (χ1v) is 7.72. The van der Waals surface area contributed by atoms with Gasteiger partial charge in [-0.3, -0.25) is 0 Å². The average Bonchev–Trinajstić information content (AvgIpc) is 2.47. The molecular formula is C17H26ClNO. The van der Waals surface area contributed by atoms with Gasteiger partial charge in [0.15, 0.2) is 0 Å². The Hall–Kier alpha value is -0.730. The SMILES string of the molecule is COc1cccc(CC2CCC3CCCCN3C2)c1.Cl. The highest BCUT2D eigenvalue weighted by Crippen LogP contribution is 2.30. The molecule has 20 heavy (non-hydrogen) atoms. The molecule has 1 aromatic rings. The summed E-state index contributed by atoms with van der Waals surface area (Å²) in [6.45, 7) is 2.64. The fraction of sp³-hybridized carbons (Fsp3) is 0.647. The third-order valence-corrected chi connectivity index (χ3v) is 4.81. The molecule has 0 radical (unpaired) electrons. The lowest BCUT2D eigenvalue weighted by atomic mass is 9.84. The average molecular weight is 296 g/mol. The topological polar surface area (TPSA) is 12.5 Å². The van der Waals surface area contributed by atoms with Crippen molar-refractivity contribution in [1.29, 1.82) is 0 Å². The fourth-order valence-corrected chi connectivity index (χ4v) is 3.78. The van der Waals surface area contributed by atoms with E-state index in [-0.39, 0.29) is 12.4 Å². The molecule has 0 saturated carbocycles. The molecule has 1 aromatic carbocycles. The van der Waals surface area contributed by atoms with Crippen LogP contribution in [0.2, 0.25) is 0 Å². The van der Waals surface area contributed by atoms with Gasteiger partial charge in [0, 0.05) is 12.6 Å². The van der Waals surface area contributed by atoms with Crippen LogP contribution in [0.1, 0.15) is 37.7 Å². The normalized spacial score (nSPS) is 26.4. The highest BCUT2D eigenvalue weighted by atomic mass is 35.5. The number of methoxy groups -OCH3 is 1. The van der Waals surface area contributed by atoms with Crippen LogP contribution in [0.25, 0.3) is 0 Å². The van der Waals surface area contributed by atoms with E-state index < -0.39 is 0 Å². The van der Waals surface area contributed by atoms with Crippen molar-refractivity contribution in [2.45, 2.75) is 44.6 Å². The Morgan fingerprint density at radius 1 is 1.20 bits per heavy atom. The molecule has 0 aliphatic carbocycles. The van der Waals surface area contributed by atoms with Crippen molar-refractivity contribution in [3.8, 4) is 5.75 Å². The molecule has 0 amide bonds.